The lowest BCUT2D eigenvalue weighted by Gasteiger charge is -2.32. The average Bonchev–Trinajstić information content (AvgIpc) is 2.65. The molecule has 0 radical (unpaired) electrons. The fourth-order valence-electron chi connectivity index (χ4n) is 2.73. The monoisotopic (exact) mass is 219 g/mol. The van der Waals surface area contributed by atoms with Crippen molar-refractivity contribution in [3.8, 4) is 5.75 Å². The Morgan fingerprint density at radius 2 is 2.31 bits per heavy atom. The summed E-state index contributed by atoms with van der Waals surface area (Å²) in [5.74, 6) is 0.918. The highest BCUT2D eigenvalue weighted by Gasteiger charge is 2.37. The van der Waals surface area contributed by atoms with Crippen LogP contribution in [0.4, 0.5) is 0 Å². The largest absolute Gasteiger partial charge is 0.497 e. The number of methoxy groups -OCH3 is 1. The minimum absolute atomic E-state index is 0.210. The van der Waals surface area contributed by atoms with Crippen molar-refractivity contribution in [2.24, 2.45) is 0 Å². The molecule has 0 saturated carbocycles. The van der Waals surface area contributed by atoms with Gasteiger partial charge < -0.3 is 14.8 Å². The van der Waals surface area contributed by atoms with Gasteiger partial charge in [-0.2, -0.15) is 0 Å². The third-order valence-electron chi connectivity index (χ3n) is 3.49. The van der Waals surface area contributed by atoms with Gasteiger partial charge in [-0.3, -0.25) is 0 Å². The summed E-state index contributed by atoms with van der Waals surface area (Å²) < 4.78 is 11.2. The van der Waals surface area contributed by atoms with Gasteiger partial charge in [0.2, 0.25) is 0 Å². The van der Waals surface area contributed by atoms with Crippen molar-refractivity contribution in [2.75, 3.05) is 13.7 Å². The van der Waals surface area contributed by atoms with E-state index in [4.69, 9.17) is 9.47 Å². The van der Waals surface area contributed by atoms with Gasteiger partial charge in [-0.15, -0.1) is 0 Å². The molecule has 3 heteroatoms. The third kappa shape index (κ3) is 1.51. The molecule has 1 aliphatic heterocycles. The molecule has 3 nitrogen and oxygen atoms in total. The Morgan fingerprint density at radius 3 is 3.12 bits per heavy atom. The van der Waals surface area contributed by atoms with Crippen molar-refractivity contribution in [3.63, 3.8) is 0 Å². The quantitative estimate of drug-likeness (QED) is 0.779. The van der Waals surface area contributed by atoms with Crippen LogP contribution in [-0.4, -0.2) is 25.8 Å². The van der Waals surface area contributed by atoms with E-state index < -0.39 is 0 Å². The summed E-state index contributed by atoms with van der Waals surface area (Å²) in [6.07, 6.45) is 1.27. The van der Waals surface area contributed by atoms with Crippen molar-refractivity contribution < 1.29 is 9.47 Å². The number of hydrogen-bond acceptors (Lipinski definition) is 3. The molecule has 1 fully saturated rings. The number of morpholine rings is 1. The molecule has 3 unspecified atom stereocenters. The first-order valence-electron chi connectivity index (χ1n) is 5.82. The van der Waals surface area contributed by atoms with Crippen LogP contribution in [0.5, 0.6) is 5.75 Å². The predicted octanol–water partition coefficient (Wildman–Crippen LogP) is 1.67. The molecule has 1 aromatic carbocycles. The van der Waals surface area contributed by atoms with Crippen LogP contribution in [0.1, 0.15) is 24.2 Å². The standard InChI is InChI=1S/C13H17NO2/c1-8-7-16-13-11-6-10(15-2)4-3-9(11)5-12(13)14-8/h3-4,6,8,12-14H,5,7H2,1-2H3. The fourth-order valence-corrected chi connectivity index (χ4v) is 2.73. The van der Waals surface area contributed by atoms with Crippen LogP contribution in [0.25, 0.3) is 0 Å². The molecule has 0 amide bonds. The number of ether oxygens (including phenoxy) is 2. The second-order valence-corrected chi connectivity index (χ2v) is 4.70. The summed E-state index contributed by atoms with van der Waals surface area (Å²) in [6, 6.07) is 7.18. The lowest BCUT2D eigenvalue weighted by Crippen LogP contribution is -2.47. The molecule has 3 rings (SSSR count). The normalized spacial score (nSPS) is 32.0. The van der Waals surface area contributed by atoms with E-state index in [1.54, 1.807) is 7.11 Å². The Kier molecular flexibility index (Phi) is 2.37. The molecule has 86 valence electrons. The van der Waals surface area contributed by atoms with Crippen molar-refractivity contribution in [3.05, 3.63) is 29.3 Å². The molecule has 1 heterocycles. The molecular weight excluding hydrogens is 202 g/mol. The first-order valence-corrected chi connectivity index (χ1v) is 5.82. The van der Waals surface area contributed by atoms with E-state index in [2.05, 4.69) is 24.4 Å². The van der Waals surface area contributed by atoms with E-state index in [0.29, 0.717) is 12.1 Å². The average molecular weight is 219 g/mol. The maximum absolute atomic E-state index is 5.92. The molecule has 3 atom stereocenters. The van der Waals surface area contributed by atoms with Crippen LogP contribution < -0.4 is 10.1 Å². The van der Waals surface area contributed by atoms with Crippen LogP contribution in [0.2, 0.25) is 0 Å². The van der Waals surface area contributed by atoms with Gasteiger partial charge in [0.15, 0.2) is 0 Å². The lowest BCUT2D eigenvalue weighted by molar-refractivity contribution is -0.0172. The summed E-state index contributed by atoms with van der Waals surface area (Å²) in [6.45, 7) is 2.96. The summed E-state index contributed by atoms with van der Waals surface area (Å²) in [7, 11) is 1.70. The lowest BCUT2D eigenvalue weighted by atomic mass is 10.1. The summed E-state index contributed by atoms with van der Waals surface area (Å²) in [5, 5.41) is 3.60. The zero-order valence-electron chi connectivity index (χ0n) is 9.69. The molecule has 1 saturated heterocycles. The summed E-state index contributed by atoms with van der Waals surface area (Å²) in [4.78, 5) is 0. The first kappa shape index (κ1) is 10.1. The van der Waals surface area contributed by atoms with Gasteiger partial charge in [0.05, 0.1) is 19.8 Å². The zero-order valence-corrected chi connectivity index (χ0v) is 9.69. The maximum Gasteiger partial charge on any atom is 0.119 e. The van der Waals surface area contributed by atoms with Gasteiger partial charge in [-0.05, 0) is 36.6 Å². The molecule has 0 aromatic heterocycles. The molecule has 1 N–H and O–H groups in total. The number of fused-ring (bicyclic) bond motifs is 3. The topological polar surface area (TPSA) is 30.5 Å². The number of rotatable bonds is 1. The van der Waals surface area contributed by atoms with E-state index >= 15 is 0 Å². The SMILES string of the molecule is COc1ccc2c(c1)C1OCC(C)NC1C2. The highest BCUT2D eigenvalue weighted by Crippen LogP contribution is 2.38. The zero-order chi connectivity index (χ0) is 11.1. The van der Waals surface area contributed by atoms with E-state index in [0.717, 1.165) is 18.8 Å². The fraction of sp³-hybridized carbons (Fsp3) is 0.538. The van der Waals surface area contributed by atoms with E-state index in [9.17, 15) is 0 Å². The van der Waals surface area contributed by atoms with Gasteiger partial charge in [-0.25, -0.2) is 0 Å². The number of benzene rings is 1. The van der Waals surface area contributed by atoms with Crippen molar-refractivity contribution in [1.29, 1.82) is 0 Å². The Hall–Kier alpha value is -1.06. The summed E-state index contributed by atoms with van der Waals surface area (Å²) >= 11 is 0. The van der Waals surface area contributed by atoms with Gasteiger partial charge in [0.1, 0.15) is 5.75 Å². The Balaban J connectivity index is 1.93. The van der Waals surface area contributed by atoms with E-state index in [1.807, 2.05) is 6.07 Å². The van der Waals surface area contributed by atoms with Gasteiger partial charge >= 0.3 is 0 Å². The van der Waals surface area contributed by atoms with Crippen LogP contribution in [0.3, 0.4) is 0 Å². The van der Waals surface area contributed by atoms with Crippen molar-refractivity contribution in [2.45, 2.75) is 31.5 Å². The number of hydrogen-bond donors (Lipinski definition) is 1. The second-order valence-electron chi connectivity index (χ2n) is 4.70. The van der Waals surface area contributed by atoms with Crippen molar-refractivity contribution >= 4 is 0 Å². The maximum atomic E-state index is 5.92. The van der Waals surface area contributed by atoms with Gasteiger partial charge in [0.25, 0.3) is 0 Å². The highest BCUT2D eigenvalue weighted by molar-refractivity contribution is 5.42. The minimum Gasteiger partial charge on any atom is -0.497 e. The third-order valence-corrected chi connectivity index (χ3v) is 3.49. The Bertz CT molecular complexity index is 405. The highest BCUT2D eigenvalue weighted by atomic mass is 16.5. The smallest absolute Gasteiger partial charge is 0.119 e. The first-order chi connectivity index (χ1) is 7.78. The molecule has 2 aliphatic rings. The molecule has 0 spiro atoms. The minimum atomic E-state index is 0.210. The van der Waals surface area contributed by atoms with Gasteiger partial charge in [0, 0.05) is 12.1 Å². The summed E-state index contributed by atoms with van der Waals surface area (Å²) in [5.41, 5.74) is 2.68. The van der Waals surface area contributed by atoms with Crippen LogP contribution in [0, 0.1) is 0 Å². The molecule has 1 aliphatic carbocycles. The van der Waals surface area contributed by atoms with Gasteiger partial charge in [-0.1, -0.05) is 6.07 Å². The Labute approximate surface area is 95.8 Å². The van der Waals surface area contributed by atoms with E-state index in [1.165, 1.54) is 11.1 Å². The molecule has 0 bridgehead atoms. The van der Waals surface area contributed by atoms with Crippen LogP contribution >= 0.6 is 0 Å². The predicted molar refractivity (Wildman–Crippen MR) is 61.8 cm³/mol. The second kappa shape index (κ2) is 3.75. The van der Waals surface area contributed by atoms with Crippen LogP contribution in [-0.2, 0) is 11.2 Å². The van der Waals surface area contributed by atoms with Crippen LogP contribution in [0.15, 0.2) is 18.2 Å². The number of nitrogens with one attached hydrogen (secondary N) is 1. The van der Waals surface area contributed by atoms with E-state index in [-0.39, 0.29) is 6.10 Å². The Morgan fingerprint density at radius 1 is 1.44 bits per heavy atom. The molecule has 16 heavy (non-hydrogen) atoms. The van der Waals surface area contributed by atoms with Crippen molar-refractivity contribution in [1.82, 2.24) is 5.32 Å². The molecular formula is C13H17NO2. The molecule has 1 aromatic rings.